The summed E-state index contributed by atoms with van der Waals surface area (Å²) in [5.74, 6) is -1.11. The molecule has 0 aromatic carbocycles. The molecule has 0 bridgehead atoms. The molecule has 2 atom stereocenters. The quantitative estimate of drug-likeness (QED) is 0.562. The maximum atomic E-state index is 15.0. The van der Waals surface area contributed by atoms with E-state index in [0.29, 0.717) is 11.4 Å². The topological polar surface area (TPSA) is 91.3 Å². The third kappa shape index (κ3) is 2.42. The van der Waals surface area contributed by atoms with Gasteiger partial charge in [-0.2, -0.15) is 0 Å². The first-order chi connectivity index (χ1) is 10.3. The average Bonchev–Trinajstić information content (AvgIpc) is 2.71. The van der Waals surface area contributed by atoms with E-state index in [2.05, 4.69) is 15.6 Å². The molecule has 1 amide bonds. The van der Waals surface area contributed by atoms with E-state index >= 15 is 0 Å². The lowest BCUT2D eigenvalue weighted by Gasteiger charge is -2.23. The molecule has 0 spiro atoms. The largest absolute Gasteiger partial charge is 0.478 e. The van der Waals surface area contributed by atoms with E-state index in [1.807, 2.05) is 0 Å². The van der Waals surface area contributed by atoms with E-state index in [4.69, 9.17) is 16.7 Å². The van der Waals surface area contributed by atoms with Gasteiger partial charge in [0.25, 0.3) is 5.12 Å². The molecule has 0 radical (unpaired) electrons. The summed E-state index contributed by atoms with van der Waals surface area (Å²) in [7, 11) is 0. The first-order valence-electron chi connectivity index (χ1n) is 6.37. The summed E-state index contributed by atoms with van der Waals surface area (Å²) >= 11 is 6.83. The number of nitrogens with zero attached hydrogens (tertiary/aromatic N) is 1. The molecule has 3 N–H and O–H groups in total. The molecule has 2 aliphatic heterocycles. The van der Waals surface area contributed by atoms with Gasteiger partial charge in [0.05, 0.1) is 16.4 Å². The summed E-state index contributed by atoms with van der Waals surface area (Å²) in [6, 6.07) is 1.44. The molecule has 1 fully saturated rings. The van der Waals surface area contributed by atoms with Crippen LogP contribution in [-0.4, -0.2) is 27.2 Å². The van der Waals surface area contributed by atoms with Crippen LogP contribution in [0.3, 0.4) is 0 Å². The third-order valence-corrected chi connectivity index (χ3v) is 4.93. The fourth-order valence-electron chi connectivity index (χ4n) is 2.28. The van der Waals surface area contributed by atoms with Gasteiger partial charge in [0, 0.05) is 18.2 Å². The molecule has 2 aliphatic rings. The lowest BCUT2D eigenvalue weighted by molar-refractivity contribution is -0.132. The van der Waals surface area contributed by atoms with Crippen molar-refractivity contribution in [3.05, 3.63) is 34.1 Å². The van der Waals surface area contributed by atoms with Crippen molar-refractivity contribution >= 4 is 41.1 Å². The van der Waals surface area contributed by atoms with Crippen molar-refractivity contribution in [2.75, 3.05) is 5.32 Å². The van der Waals surface area contributed by atoms with Gasteiger partial charge in [0.15, 0.2) is 0 Å². The first kappa shape index (κ1) is 15.1. The number of hydrogen-bond donors (Lipinski definition) is 3. The Morgan fingerprint density at radius 2 is 2.36 bits per heavy atom. The summed E-state index contributed by atoms with van der Waals surface area (Å²) in [5, 5.41) is 11.2. The molecule has 1 saturated heterocycles. The molecule has 2 unspecified atom stereocenters. The number of carbonyl (C=O) groups is 2. The van der Waals surface area contributed by atoms with Gasteiger partial charge in [-0.25, -0.2) is 14.2 Å². The van der Waals surface area contributed by atoms with Crippen molar-refractivity contribution in [1.82, 2.24) is 10.3 Å². The molecule has 116 valence electrons. The molecule has 6 nitrogen and oxygen atoms in total. The molecule has 9 heteroatoms. The summed E-state index contributed by atoms with van der Waals surface area (Å²) in [4.78, 5) is 26.7. The van der Waals surface area contributed by atoms with Gasteiger partial charge in [0.2, 0.25) is 5.91 Å². The van der Waals surface area contributed by atoms with Crippen LogP contribution in [0.25, 0.3) is 0 Å². The summed E-state index contributed by atoms with van der Waals surface area (Å²) in [6.45, 7) is 1.59. The van der Waals surface area contributed by atoms with E-state index in [1.54, 1.807) is 6.92 Å². The zero-order valence-electron chi connectivity index (χ0n) is 11.3. The highest BCUT2D eigenvalue weighted by Crippen LogP contribution is 2.46. The number of rotatable bonds is 2. The number of aromatic nitrogens is 1. The van der Waals surface area contributed by atoms with Crippen LogP contribution >= 0.6 is 23.4 Å². The zero-order valence-corrected chi connectivity index (χ0v) is 12.9. The highest BCUT2D eigenvalue weighted by Gasteiger charge is 2.47. The molecular formula is C13H11ClFN3O3S. The second-order valence-electron chi connectivity index (χ2n) is 4.97. The number of nitrogens with one attached hydrogen (secondary N) is 2. The van der Waals surface area contributed by atoms with Crippen LogP contribution in [0, 0.1) is 0 Å². The molecule has 0 aliphatic carbocycles. The average molecular weight is 344 g/mol. The van der Waals surface area contributed by atoms with Crippen LogP contribution in [0.15, 0.2) is 17.8 Å². The number of amides is 1. The molecule has 1 aromatic heterocycles. The monoisotopic (exact) mass is 343 g/mol. The van der Waals surface area contributed by atoms with Gasteiger partial charge in [0.1, 0.15) is 11.0 Å². The van der Waals surface area contributed by atoms with Crippen LogP contribution in [0.5, 0.6) is 0 Å². The van der Waals surface area contributed by atoms with Gasteiger partial charge < -0.3 is 15.7 Å². The van der Waals surface area contributed by atoms with Crippen LogP contribution in [-0.2, 0) is 21.1 Å². The Bertz CT molecular complexity index is 727. The van der Waals surface area contributed by atoms with Crippen molar-refractivity contribution in [3.8, 4) is 0 Å². The van der Waals surface area contributed by atoms with Crippen molar-refractivity contribution < 1.29 is 19.1 Å². The maximum absolute atomic E-state index is 15.0. The zero-order chi connectivity index (χ0) is 16.1. The standard InChI is InChI=1S/C13H11ClFN3O3S/c1-5-11(19)18-13(15,22-5)8-3-6-2-7(12(20)21)4-16-10(6)17-9(8)14/h3-5H,2H2,1H3,(H,16,17)(H,18,19)(H,20,21). The number of thioether (sulfide) groups is 1. The van der Waals surface area contributed by atoms with Crippen LogP contribution in [0.4, 0.5) is 10.2 Å². The van der Waals surface area contributed by atoms with Crippen molar-refractivity contribution in [1.29, 1.82) is 0 Å². The van der Waals surface area contributed by atoms with Crippen LogP contribution < -0.4 is 10.6 Å². The minimum absolute atomic E-state index is 0.0176. The SMILES string of the molecule is CC1SC(F)(c2cc3c(nc2Cl)NC=C(C(=O)O)C3)NC1=O. The van der Waals surface area contributed by atoms with E-state index < -0.39 is 22.3 Å². The minimum atomic E-state index is -2.17. The normalized spacial score (nSPS) is 26.8. The van der Waals surface area contributed by atoms with E-state index in [0.717, 1.165) is 11.8 Å². The van der Waals surface area contributed by atoms with E-state index in [1.165, 1.54) is 12.3 Å². The molecule has 1 aromatic rings. The van der Waals surface area contributed by atoms with Gasteiger partial charge >= 0.3 is 5.97 Å². The van der Waals surface area contributed by atoms with Crippen molar-refractivity contribution in [2.45, 2.75) is 23.7 Å². The second-order valence-corrected chi connectivity index (χ2v) is 6.84. The summed E-state index contributed by atoms with van der Waals surface area (Å²) in [5.41, 5.74) is 0.654. The number of hydrogen-bond acceptors (Lipinski definition) is 5. The second kappa shape index (κ2) is 5.13. The van der Waals surface area contributed by atoms with Crippen LogP contribution in [0.2, 0.25) is 5.15 Å². The fourth-order valence-corrected chi connectivity index (χ4v) is 3.70. The Balaban J connectivity index is 2.01. The minimum Gasteiger partial charge on any atom is -0.478 e. The predicted octanol–water partition coefficient (Wildman–Crippen LogP) is 2.00. The van der Waals surface area contributed by atoms with E-state index in [9.17, 15) is 14.0 Å². The third-order valence-electron chi connectivity index (χ3n) is 3.43. The van der Waals surface area contributed by atoms with Gasteiger partial charge in [-0.3, -0.25) is 4.79 Å². The van der Waals surface area contributed by atoms with Gasteiger partial charge in [-0.15, -0.1) is 0 Å². The molecule has 3 rings (SSSR count). The molecular weight excluding hydrogens is 333 g/mol. The summed E-state index contributed by atoms with van der Waals surface area (Å²) < 4.78 is 15.0. The maximum Gasteiger partial charge on any atom is 0.333 e. The number of anilines is 1. The van der Waals surface area contributed by atoms with Crippen LogP contribution in [0.1, 0.15) is 18.1 Å². The Hall–Kier alpha value is -1.80. The van der Waals surface area contributed by atoms with Gasteiger partial charge in [-0.1, -0.05) is 23.4 Å². The van der Waals surface area contributed by atoms with E-state index in [-0.39, 0.29) is 22.7 Å². The van der Waals surface area contributed by atoms with Crippen molar-refractivity contribution in [3.63, 3.8) is 0 Å². The number of halogens is 2. The Morgan fingerprint density at radius 1 is 1.64 bits per heavy atom. The number of fused-ring (bicyclic) bond motifs is 1. The Morgan fingerprint density at radius 3 is 2.95 bits per heavy atom. The number of aliphatic carboxylic acids is 1. The number of carboxylic acid groups (broad SMARTS) is 1. The molecule has 22 heavy (non-hydrogen) atoms. The smallest absolute Gasteiger partial charge is 0.333 e. The molecule has 3 heterocycles. The Kier molecular flexibility index (Phi) is 3.53. The first-order valence-corrected chi connectivity index (χ1v) is 7.63. The Labute approximate surface area is 134 Å². The molecule has 0 saturated carbocycles. The fraction of sp³-hybridized carbons (Fsp3) is 0.308. The highest BCUT2D eigenvalue weighted by molar-refractivity contribution is 8.01. The lowest BCUT2D eigenvalue weighted by atomic mass is 10.0. The lowest BCUT2D eigenvalue weighted by Crippen LogP contribution is -2.34. The highest BCUT2D eigenvalue weighted by atomic mass is 35.5. The summed E-state index contributed by atoms with van der Waals surface area (Å²) in [6.07, 6.45) is 1.42. The number of carboxylic acids is 1. The van der Waals surface area contributed by atoms with Gasteiger partial charge in [-0.05, 0) is 13.0 Å². The number of carbonyl (C=O) groups excluding carboxylic acids is 1. The number of alkyl halides is 1. The predicted molar refractivity (Wildman–Crippen MR) is 80.3 cm³/mol. The number of pyridine rings is 1. The van der Waals surface area contributed by atoms with Crippen molar-refractivity contribution in [2.24, 2.45) is 0 Å².